The molecule has 0 spiro atoms. The van der Waals surface area contributed by atoms with Crippen molar-refractivity contribution in [3.05, 3.63) is 0 Å². The van der Waals surface area contributed by atoms with Crippen molar-refractivity contribution in [2.45, 2.75) is 59.2 Å². The van der Waals surface area contributed by atoms with Crippen molar-refractivity contribution < 1.29 is 13.3 Å². The minimum absolute atomic E-state index is 0.592. The summed E-state index contributed by atoms with van der Waals surface area (Å²) in [6.07, 6.45) is 2.59. The maximum Gasteiger partial charge on any atom is 0.499 e. The summed E-state index contributed by atoms with van der Waals surface area (Å²) in [7, 11) is -2.57. The van der Waals surface area contributed by atoms with Crippen molar-refractivity contribution in [2.24, 2.45) is 5.73 Å². The van der Waals surface area contributed by atoms with E-state index in [1.165, 1.54) is 0 Å². The molecule has 0 aromatic carbocycles. The van der Waals surface area contributed by atoms with Gasteiger partial charge in [0.25, 0.3) is 0 Å². The third-order valence-corrected chi connectivity index (χ3v) is 4.88. The second-order valence-corrected chi connectivity index (χ2v) is 6.51. The molecule has 0 amide bonds. The van der Waals surface area contributed by atoms with Gasteiger partial charge < -0.3 is 19.0 Å². The Morgan fingerprint density at radius 1 is 1.06 bits per heavy atom. The van der Waals surface area contributed by atoms with Crippen LogP contribution in [0.2, 0.25) is 6.55 Å². The van der Waals surface area contributed by atoms with Gasteiger partial charge in [-0.25, -0.2) is 0 Å². The summed E-state index contributed by atoms with van der Waals surface area (Å²) in [4.78, 5) is 0. The Bertz CT molecular complexity index is 186. The Hall–Kier alpha value is 0.0569. The van der Waals surface area contributed by atoms with E-state index < -0.39 is 14.5 Å². The minimum Gasteiger partial charge on any atom is -0.374 e. The van der Waals surface area contributed by atoms with Gasteiger partial charge in [0.05, 0.1) is 0 Å². The normalized spacial score (nSPS) is 16.1. The van der Waals surface area contributed by atoms with Gasteiger partial charge in [0, 0.05) is 19.8 Å². The largest absolute Gasteiger partial charge is 0.499 e. The number of rotatable bonds is 9. The Balaban J connectivity index is 4.56. The quantitative estimate of drug-likeness (QED) is 0.504. The maximum absolute atomic E-state index is 6.21. The first-order chi connectivity index (χ1) is 7.45. The van der Waals surface area contributed by atoms with Crippen LogP contribution in [0.3, 0.4) is 0 Å². The smallest absolute Gasteiger partial charge is 0.374 e. The zero-order valence-electron chi connectivity index (χ0n) is 11.3. The fourth-order valence-electron chi connectivity index (χ4n) is 1.72. The van der Waals surface area contributed by atoms with Gasteiger partial charge in [0.1, 0.15) is 5.72 Å². The standard InChI is InChI=1S/C11H27NO3Si/c1-6-10-11(12,7-2)15-16(5,13-8-3)14-9-4/h6-10,12H2,1-5H3/t11-/m0/s1. The van der Waals surface area contributed by atoms with Gasteiger partial charge in [-0.05, 0) is 26.7 Å². The van der Waals surface area contributed by atoms with Gasteiger partial charge >= 0.3 is 8.80 Å². The fourth-order valence-corrected chi connectivity index (χ4v) is 3.95. The van der Waals surface area contributed by atoms with Crippen LogP contribution in [0, 0.1) is 0 Å². The summed E-state index contributed by atoms with van der Waals surface area (Å²) in [6.45, 7) is 11.1. The van der Waals surface area contributed by atoms with Crippen molar-refractivity contribution in [1.29, 1.82) is 0 Å². The molecule has 0 unspecified atom stereocenters. The van der Waals surface area contributed by atoms with Crippen LogP contribution < -0.4 is 5.73 Å². The van der Waals surface area contributed by atoms with Crippen LogP contribution in [0.15, 0.2) is 0 Å². The van der Waals surface area contributed by atoms with Gasteiger partial charge in [-0.1, -0.05) is 20.3 Å². The zero-order valence-corrected chi connectivity index (χ0v) is 12.3. The number of nitrogens with two attached hydrogens (primary N) is 1. The lowest BCUT2D eigenvalue weighted by Gasteiger charge is -2.36. The molecule has 0 aromatic heterocycles. The first-order valence-corrected chi connectivity index (χ1v) is 8.44. The first-order valence-electron chi connectivity index (χ1n) is 6.22. The summed E-state index contributed by atoms with van der Waals surface area (Å²) in [5.74, 6) is 0. The monoisotopic (exact) mass is 249 g/mol. The molecule has 0 aliphatic carbocycles. The summed E-state index contributed by atoms with van der Waals surface area (Å²) >= 11 is 0. The second-order valence-electron chi connectivity index (χ2n) is 4.00. The molecule has 2 N–H and O–H groups in total. The molecule has 0 rings (SSSR count). The molecule has 0 aliphatic rings. The van der Waals surface area contributed by atoms with E-state index >= 15 is 0 Å². The summed E-state index contributed by atoms with van der Waals surface area (Å²) in [5, 5.41) is 0. The van der Waals surface area contributed by atoms with E-state index in [1.54, 1.807) is 0 Å². The van der Waals surface area contributed by atoms with Crippen molar-refractivity contribution in [2.75, 3.05) is 13.2 Å². The molecule has 4 nitrogen and oxygen atoms in total. The van der Waals surface area contributed by atoms with E-state index in [-0.39, 0.29) is 0 Å². The first kappa shape index (κ1) is 16.1. The van der Waals surface area contributed by atoms with Gasteiger partial charge in [-0.15, -0.1) is 0 Å². The highest BCUT2D eigenvalue weighted by Gasteiger charge is 2.41. The van der Waals surface area contributed by atoms with Crippen LogP contribution in [-0.2, 0) is 13.3 Å². The molecular formula is C11H27NO3Si. The lowest BCUT2D eigenvalue weighted by molar-refractivity contribution is -0.0304. The molecular weight excluding hydrogens is 222 g/mol. The van der Waals surface area contributed by atoms with E-state index in [1.807, 2.05) is 27.3 Å². The fraction of sp³-hybridized carbons (Fsp3) is 1.00. The van der Waals surface area contributed by atoms with Crippen molar-refractivity contribution >= 4 is 8.80 Å². The van der Waals surface area contributed by atoms with Gasteiger partial charge in [0.2, 0.25) is 0 Å². The van der Waals surface area contributed by atoms with Gasteiger partial charge in [0.15, 0.2) is 0 Å². The van der Waals surface area contributed by atoms with E-state index in [0.717, 1.165) is 19.3 Å². The lowest BCUT2D eigenvalue weighted by Crippen LogP contribution is -2.55. The van der Waals surface area contributed by atoms with E-state index in [0.29, 0.717) is 13.2 Å². The van der Waals surface area contributed by atoms with E-state index in [9.17, 15) is 0 Å². The topological polar surface area (TPSA) is 53.7 Å². The van der Waals surface area contributed by atoms with Crippen molar-refractivity contribution in [3.63, 3.8) is 0 Å². The Labute approximate surface area is 101 Å². The zero-order chi connectivity index (χ0) is 12.7. The number of hydrogen-bond donors (Lipinski definition) is 1. The average molecular weight is 249 g/mol. The second kappa shape index (κ2) is 7.40. The van der Waals surface area contributed by atoms with Gasteiger partial charge in [-0.3, -0.25) is 0 Å². The molecule has 1 atom stereocenters. The highest BCUT2D eigenvalue weighted by molar-refractivity contribution is 6.59. The third kappa shape index (κ3) is 5.40. The maximum atomic E-state index is 6.21. The van der Waals surface area contributed by atoms with Crippen LogP contribution in [0.4, 0.5) is 0 Å². The summed E-state index contributed by atoms with van der Waals surface area (Å²) < 4.78 is 17.2. The summed E-state index contributed by atoms with van der Waals surface area (Å²) in [6, 6.07) is 0. The molecule has 0 aromatic rings. The molecule has 0 heterocycles. The Morgan fingerprint density at radius 2 is 1.56 bits per heavy atom. The molecule has 0 saturated heterocycles. The Kier molecular flexibility index (Phi) is 7.42. The predicted octanol–water partition coefficient (Wildman–Crippen LogP) is 2.51. The number of hydrogen-bond acceptors (Lipinski definition) is 4. The van der Waals surface area contributed by atoms with Crippen LogP contribution in [0.1, 0.15) is 47.0 Å². The molecule has 0 saturated carbocycles. The highest BCUT2D eigenvalue weighted by Crippen LogP contribution is 2.23. The highest BCUT2D eigenvalue weighted by atomic mass is 28.4. The SMILES string of the molecule is CCC[C@](N)(CC)O[Si](C)(OCC)OCC. The van der Waals surface area contributed by atoms with E-state index in [4.69, 9.17) is 19.0 Å². The summed E-state index contributed by atoms with van der Waals surface area (Å²) in [5.41, 5.74) is 5.60. The van der Waals surface area contributed by atoms with Crippen LogP contribution in [0.25, 0.3) is 0 Å². The molecule has 0 bridgehead atoms. The molecule has 98 valence electrons. The minimum atomic E-state index is -2.57. The predicted molar refractivity (Wildman–Crippen MR) is 68.1 cm³/mol. The van der Waals surface area contributed by atoms with Crippen LogP contribution >= 0.6 is 0 Å². The molecule has 0 fully saturated rings. The Morgan fingerprint density at radius 3 is 1.88 bits per heavy atom. The molecule has 16 heavy (non-hydrogen) atoms. The molecule has 5 heteroatoms. The van der Waals surface area contributed by atoms with Crippen molar-refractivity contribution in [3.8, 4) is 0 Å². The van der Waals surface area contributed by atoms with Crippen LogP contribution in [-0.4, -0.2) is 27.7 Å². The van der Waals surface area contributed by atoms with Gasteiger partial charge in [-0.2, -0.15) is 0 Å². The van der Waals surface area contributed by atoms with Crippen molar-refractivity contribution in [1.82, 2.24) is 0 Å². The van der Waals surface area contributed by atoms with E-state index in [2.05, 4.69) is 6.92 Å². The average Bonchev–Trinajstić information content (AvgIpc) is 2.18. The molecule has 0 aliphatic heterocycles. The molecule has 0 radical (unpaired) electrons. The van der Waals surface area contributed by atoms with Crippen LogP contribution in [0.5, 0.6) is 0 Å². The third-order valence-electron chi connectivity index (χ3n) is 2.47. The lowest BCUT2D eigenvalue weighted by atomic mass is 10.1.